The lowest BCUT2D eigenvalue weighted by molar-refractivity contribution is -0.118. The van der Waals surface area contributed by atoms with Gasteiger partial charge in [-0.05, 0) is 44.2 Å². The van der Waals surface area contributed by atoms with Gasteiger partial charge in [-0.2, -0.15) is 0 Å². The van der Waals surface area contributed by atoms with Crippen molar-refractivity contribution < 1.29 is 9.59 Å². The van der Waals surface area contributed by atoms with Crippen LogP contribution in [0.1, 0.15) is 39.0 Å². The first-order valence-corrected chi connectivity index (χ1v) is 8.64. The van der Waals surface area contributed by atoms with E-state index in [2.05, 4.69) is 12.2 Å². The van der Waals surface area contributed by atoms with Crippen LogP contribution in [0.3, 0.4) is 0 Å². The molecular formula is C18H25N3O2. The molecule has 124 valence electrons. The van der Waals surface area contributed by atoms with Gasteiger partial charge in [0.1, 0.15) is 6.04 Å². The summed E-state index contributed by atoms with van der Waals surface area (Å²) in [4.78, 5) is 28.8. The maximum Gasteiger partial charge on any atom is 0.318 e. The molecule has 5 nitrogen and oxygen atoms in total. The Kier molecular flexibility index (Phi) is 4.84. The van der Waals surface area contributed by atoms with Crippen LogP contribution in [-0.2, 0) is 4.79 Å². The Bertz CT molecular complexity index is 561. The lowest BCUT2D eigenvalue weighted by Crippen LogP contribution is -2.52. The Morgan fingerprint density at radius 1 is 1.17 bits per heavy atom. The van der Waals surface area contributed by atoms with E-state index < -0.39 is 6.04 Å². The van der Waals surface area contributed by atoms with Crippen molar-refractivity contribution in [2.75, 3.05) is 18.0 Å². The van der Waals surface area contributed by atoms with E-state index in [1.807, 2.05) is 35.2 Å². The van der Waals surface area contributed by atoms with E-state index in [1.165, 1.54) is 6.42 Å². The number of carbonyl (C=O) groups excluding carboxylic acids is 2. The summed E-state index contributed by atoms with van der Waals surface area (Å²) in [6.07, 6.45) is 4.95. The number of nitrogens with zero attached hydrogens (tertiary/aromatic N) is 2. The average molecular weight is 315 g/mol. The van der Waals surface area contributed by atoms with Crippen LogP contribution in [-0.4, -0.2) is 42.0 Å². The van der Waals surface area contributed by atoms with Crippen LogP contribution in [0.5, 0.6) is 0 Å². The van der Waals surface area contributed by atoms with Crippen molar-refractivity contribution in [1.82, 2.24) is 10.2 Å². The van der Waals surface area contributed by atoms with Gasteiger partial charge >= 0.3 is 6.03 Å². The molecule has 1 aromatic rings. The molecule has 23 heavy (non-hydrogen) atoms. The third-order valence-corrected chi connectivity index (χ3v) is 4.93. The Morgan fingerprint density at radius 2 is 1.96 bits per heavy atom. The Balaban J connectivity index is 1.62. The van der Waals surface area contributed by atoms with Crippen LogP contribution in [0.4, 0.5) is 10.5 Å². The van der Waals surface area contributed by atoms with Crippen molar-refractivity contribution in [3.8, 4) is 0 Å². The van der Waals surface area contributed by atoms with E-state index in [0.29, 0.717) is 19.0 Å². The molecule has 1 N–H and O–H groups in total. The number of piperidine rings is 1. The summed E-state index contributed by atoms with van der Waals surface area (Å²) in [6.45, 7) is 3.58. The van der Waals surface area contributed by atoms with E-state index in [4.69, 9.17) is 0 Å². The minimum Gasteiger partial charge on any atom is -0.326 e. The molecule has 0 aromatic heterocycles. The fourth-order valence-electron chi connectivity index (χ4n) is 3.60. The van der Waals surface area contributed by atoms with Crippen LogP contribution in [0, 0.1) is 0 Å². The lowest BCUT2D eigenvalue weighted by Gasteiger charge is -2.35. The molecule has 2 fully saturated rings. The second kappa shape index (κ2) is 7.02. The smallest absolute Gasteiger partial charge is 0.318 e. The first-order chi connectivity index (χ1) is 11.2. The zero-order chi connectivity index (χ0) is 16.2. The standard InChI is InChI=1S/C18H25N3O2/c1-2-14-8-6-7-12-21(14)18(23)19-16-11-13-20(17(16)22)15-9-4-3-5-10-15/h3-5,9-10,14,16H,2,6-8,11-13H2,1H3,(H,19,23)/t14-,16+/m0/s1. The summed E-state index contributed by atoms with van der Waals surface area (Å²) < 4.78 is 0. The molecule has 0 spiro atoms. The van der Waals surface area contributed by atoms with Crippen molar-refractivity contribution >= 4 is 17.6 Å². The molecule has 3 amide bonds. The Labute approximate surface area is 137 Å². The van der Waals surface area contributed by atoms with Gasteiger partial charge in [0.2, 0.25) is 5.91 Å². The van der Waals surface area contributed by atoms with E-state index in [0.717, 1.165) is 31.5 Å². The third kappa shape index (κ3) is 3.33. The quantitative estimate of drug-likeness (QED) is 0.932. The molecule has 3 rings (SSSR count). The number of para-hydroxylation sites is 1. The summed E-state index contributed by atoms with van der Waals surface area (Å²) in [7, 11) is 0. The number of hydrogen-bond donors (Lipinski definition) is 1. The predicted octanol–water partition coefficient (Wildman–Crippen LogP) is 2.77. The average Bonchev–Trinajstić information content (AvgIpc) is 2.96. The Morgan fingerprint density at radius 3 is 2.70 bits per heavy atom. The van der Waals surface area contributed by atoms with Gasteiger partial charge in [-0.15, -0.1) is 0 Å². The van der Waals surface area contributed by atoms with Gasteiger partial charge in [0.05, 0.1) is 0 Å². The van der Waals surface area contributed by atoms with Crippen LogP contribution in [0.25, 0.3) is 0 Å². The number of urea groups is 1. The van der Waals surface area contributed by atoms with Crippen LogP contribution in [0.15, 0.2) is 30.3 Å². The van der Waals surface area contributed by atoms with E-state index >= 15 is 0 Å². The van der Waals surface area contributed by atoms with Crippen molar-refractivity contribution in [1.29, 1.82) is 0 Å². The maximum atomic E-state index is 12.6. The number of carbonyl (C=O) groups is 2. The molecule has 2 aliphatic rings. The first kappa shape index (κ1) is 15.8. The maximum absolute atomic E-state index is 12.6. The van der Waals surface area contributed by atoms with Crippen molar-refractivity contribution in [3.63, 3.8) is 0 Å². The number of hydrogen-bond acceptors (Lipinski definition) is 2. The molecule has 2 atom stereocenters. The highest BCUT2D eigenvalue weighted by atomic mass is 16.2. The van der Waals surface area contributed by atoms with E-state index in [9.17, 15) is 9.59 Å². The van der Waals surface area contributed by atoms with Crippen molar-refractivity contribution in [2.24, 2.45) is 0 Å². The molecule has 0 aliphatic carbocycles. The van der Waals surface area contributed by atoms with Gasteiger partial charge in [-0.3, -0.25) is 4.79 Å². The molecule has 0 radical (unpaired) electrons. The molecule has 0 saturated carbocycles. The minimum atomic E-state index is -0.401. The largest absolute Gasteiger partial charge is 0.326 e. The number of likely N-dealkylation sites (tertiary alicyclic amines) is 1. The normalized spacial score (nSPS) is 24.8. The molecule has 5 heteroatoms. The summed E-state index contributed by atoms with van der Waals surface area (Å²) in [5.74, 6) is -0.00499. The first-order valence-electron chi connectivity index (χ1n) is 8.64. The molecule has 0 unspecified atom stereocenters. The summed E-state index contributed by atoms with van der Waals surface area (Å²) in [5.41, 5.74) is 0.902. The van der Waals surface area contributed by atoms with Crippen LogP contribution < -0.4 is 10.2 Å². The highest BCUT2D eigenvalue weighted by molar-refractivity contribution is 6.01. The molecule has 0 bridgehead atoms. The molecule has 1 aromatic carbocycles. The van der Waals surface area contributed by atoms with Crippen molar-refractivity contribution in [2.45, 2.75) is 51.1 Å². The molecule has 2 aliphatic heterocycles. The predicted molar refractivity (Wildman–Crippen MR) is 90.4 cm³/mol. The topological polar surface area (TPSA) is 52.7 Å². The number of amides is 3. The molecular weight excluding hydrogens is 290 g/mol. The van der Waals surface area contributed by atoms with Gasteiger partial charge in [0, 0.05) is 24.8 Å². The van der Waals surface area contributed by atoms with Gasteiger partial charge < -0.3 is 15.1 Å². The van der Waals surface area contributed by atoms with Crippen molar-refractivity contribution in [3.05, 3.63) is 30.3 Å². The number of nitrogens with one attached hydrogen (secondary N) is 1. The number of anilines is 1. The third-order valence-electron chi connectivity index (χ3n) is 4.93. The van der Waals surface area contributed by atoms with Gasteiger partial charge in [-0.1, -0.05) is 25.1 Å². The Hall–Kier alpha value is -2.04. The van der Waals surface area contributed by atoms with Crippen LogP contribution >= 0.6 is 0 Å². The fraction of sp³-hybridized carbons (Fsp3) is 0.556. The zero-order valence-electron chi connectivity index (χ0n) is 13.7. The second-order valence-electron chi connectivity index (χ2n) is 6.37. The molecule has 2 heterocycles. The highest BCUT2D eigenvalue weighted by Gasteiger charge is 2.35. The highest BCUT2D eigenvalue weighted by Crippen LogP contribution is 2.23. The summed E-state index contributed by atoms with van der Waals surface area (Å²) >= 11 is 0. The van der Waals surface area contributed by atoms with E-state index in [-0.39, 0.29) is 11.9 Å². The van der Waals surface area contributed by atoms with Gasteiger partial charge in [0.25, 0.3) is 0 Å². The molecule has 2 saturated heterocycles. The summed E-state index contributed by atoms with van der Waals surface area (Å²) in [5, 5.41) is 2.96. The van der Waals surface area contributed by atoms with Crippen LogP contribution in [0.2, 0.25) is 0 Å². The lowest BCUT2D eigenvalue weighted by atomic mass is 10.0. The monoisotopic (exact) mass is 315 g/mol. The number of rotatable bonds is 3. The zero-order valence-corrected chi connectivity index (χ0v) is 13.7. The minimum absolute atomic E-state index is 0.00499. The van der Waals surface area contributed by atoms with E-state index in [1.54, 1.807) is 4.90 Å². The van der Waals surface area contributed by atoms with Gasteiger partial charge in [0.15, 0.2) is 0 Å². The number of benzene rings is 1. The summed E-state index contributed by atoms with van der Waals surface area (Å²) in [6, 6.07) is 9.48. The second-order valence-corrected chi connectivity index (χ2v) is 6.37. The SMILES string of the molecule is CC[C@H]1CCCCN1C(=O)N[C@@H]1CCN(c2ccccc2)C1=O. The fourth-order valence-corrected chi connectivity index (χ4v) is 3.60. The van der Waals surface area contributed by atoms with Gasteiger partial charge in [-0.25, -0.2) is 4.79 Å².